The van der Waals surface area contributed by atoms with Crippen LogP contribution in [-0.2, 0) is 17.1 Å². The Kier molecular flexibility index (Phi) is 3.70. The molecule has 2 aromatic rings. The van der Waals surface area contributed by atoms with E-state index in [1.807, 2.05) is 0 Å². The molecule has 0 fully saturated rings. The van der Waals surface area contributed by atoms with E-state index in [1.165, 1.54) is 25.2 Å². The fourth-order valence-corrected chi connectivity index (χ4v) is 3.74. The number of aryl methyl sites for hydroxylation is 1. The van der Waals surface area contributed by atoms with Crippen LogP contribution in [0.25, 0.3) is 0 Å². The highest BCUT2D eigenvalue weighted by atomic mass is 79.9. The highest BCUT2D eigenvalue weighted by molar-refractivity contribution is 9.10. The number of benzene rings is 1. The minimum atomic E-state index is -3.95. The first-order valence-corrected chi connectivity index (χ1v) is 7.54. The maximum atomic E-state index is 12.2. The van der Waals surface area contributed by atoms with Gasteiger partial charge in [0.15, 0.2) is 10.4 Å². The number of aromatic hydroxyl groups is 1. The van der Waals surface area contributed by atoms with Gasteiger partial charge in [-0.15, -0.1) is 5.10 Å². The van der Waals surface area contributed by atoms with Gasteiger partial charge < -0.3 is 5.11 Å². The van der Waals surface area contributed by atoms with Gasteiger partial charge in [0.1, 0.15) is 0 Å². The van der Waals surface area contributed by atoms with Gasteiger partial charge >= 0.3 is 0 Å². The first-order valence-electron chi connectivity index (χ1n) is 4.88. The van der Waals surface area contributed by atoms with Crippen molar-refractivity contribution < 1.29 is 13.5 Å². The van der Waals surface area contributed by atoms with Crippen molar-refractivity contribution in [3.05, 3.63) is 27.8 Å². The number of rotatable bonds is 3. The lowest BCUT2D eigenvalue weighted by Gasteiger charge is -2.10. The molecule has 0 amide bonds. The molecule has 102 valence electrons. The molecule has 7 nitrogen and oxygen atoms in total. The van der Waals surface area contributed by atoms with Crippen molar-refractivity contribution in [1.82, 2.24) is 15.0 Å². The van der Waals surface area contributed by atoms with Crippen LogP contribution in [0.2, 0.25) is 5.02 Å². The lowest BCUT2D eigenvalue weighted by Crippen LogP contribution is -2.17. The highest BCUT2D eigenvalue weighted by Gasteiger charge is 2.25. The normalized spacial score (nSPS) is 11.5. The number of aromatic nitrogens is 3. The molecule has 0 aliphatic heterocycles. The van der Waals surface area contributed by atoms with Crippen LogP contribution in [0.5, 0.6) is 5.75 Å². The largest absolute Gasteiger partial charge is 0.504 e. The number of nitrogens with one attached hydrogen (secondary N) is 1. The Balaban J connectivity index is 2.46. The van der Waals surface area contributed by atoms with Gasteiger partial charge in [0.05, 0.1) is 10.7 Å². The molecule has 1 aromatic heterocycles. The van der Waals surface area contributed by atoms with Gasteiger partial charge in [-0.05, 0) is 28.1 Å². The molecule has 0 bridgehead atoms. The quantitative estimate of drug-likeness (QED) is 0.805. The first kappa shape index (κ1) is 14.1. The van der Waals surface area contributed by atoms with E-state index in [1.54, 1.807) is 0 Å². The third-order valence-corrected chi connectivity index (χ3v) is 4.78. The van der Waals surface area contributed by atoms with Crippen molar-refractivity contribution in [2.75, 3.05) is 4.72 Å². The third-order valence-electron chi connectivity index (χ3n) is 2.22. The Morgan fingerprint density at radius 3 is 2.74 bits per heavy atom. The van der Waals surface area contributed by atoms with Gasteiger partial charge in [0.2, 0.25) is 5.03 Å². The Morgan fingerprint density at radius 2 is 2.16 bits per heavy atom. The average Bonchev–Trinajstić information content (AvgIpc) is 2.65. The predicted octanol–water partition coefficient (Wildman–Crippen LogP) is 1.74. The first-order chi connectivity index (χ1) is 8.83. The summed E-state index contributed by atoms with van der Waals surface area (Å²) in [7, 11) is -2.51. The molecule has 0 aliphatic rings. The number of phenols is 1. The van der Waals surface area contributed by atoms with Crippen LogP contribution in [0.15, 0.2) is 27.8 Å². The summed E-state index contributed by atoms with van der Waals surface area (Å²) in [5.41, 5.74) is -0.0272. The highest BCUT2D eigenvalue weighted by Crippen LogP contribution is 2.33. The summed E-state index contributed by atoms with van der Waals surface area (Å²) in [6.07, 6.45) is 0. The van der Waals surface area contributed by atoms with Crippen molar-refractivity contribution in [1.29, 1.82) is 0 Å². The molecule has 0 saturated heterocycles. The molecular formula is C9H8BrClN4O3S. The molecule has 0 unspecified atom stereocenters. The molecule has 0 aliphatic carbocycles. The molecular weight excluding hydrogens is 360 g/mol. The number of nitrogens with zero attached hydrogens (tertiary/aromatic N) is 3. The lowest BCUT2D eigenvalue weighted by molar-refractivity contribution is 0.478. The second-order valence-corrected chi connectivity index (χ2v) is 6.31. The van der Waals surface area contributed by atoms with Gasteiger partial charge in [0.25, 0.3) is 10.0 Å². The fourth-order valence-electron chi connectivity index (χ4n) is 1.40. The maximum Gasteiger partial charge on any atom is 0.282 e. The van der Waals surface area contributed by atoms with Gasteiger partial charge in [-0.2, -0.15) is 8.42 Å². The minimum Gasteiger partial charge on any atom is -0.504 e. The van der Waals surface area contributed by atoms with Crippen LogP contribution in [0.1, 0.15) is 0 Å². The Morgan fingerprint density at radius 1 is 1.47 bits per heavy atom. The topological polar surface area (TPSA) is 97.1 Å². The SMILES string of the molecule is Cn1nnc(Br)c1S(=O)(=O)Nc1cccc(Cl)c1O. The van der Waals surface area contributed by atoms with Crippen molar-refractivity contribution in [3.63, 3.8) is 0 Å². The molecule has 0 radical (unpaired) electrons. The predicted molar refractivity (Wildman–Crippen MR) is 72.6 cm³/mol. The van der Waals surface area contributed by atoms with Gasteiger partial charge in [-0.1, -0.05) is 22.9 Å². The number of halogens is 2. The molecule has 1 heterocycles. The second-order valence-electron chi connectivity index (χ2n) is 3.55. The van der Waals surface area contributed by atoms with E-state index >= 15 is 0 Å². The number of para-hydroxylation sites is 1. The summed E-state index contributed by atoms with van der Waals surface area (Å²) < 4.78 is 27.7. The molecule has 1 aromatic carbocycles. The van der Waals surface area contributed by atoms with Crippen LogP contribution in [0.3, 0.4) is 0 Å². The van der Waals surface area contributed by atoms with E-state index in [0.29, 0.717) is 0 Å². The van der Waals surface area contributed by atoms with Crippen molar-refractivity contribution in [2.24, 2.45) is 7.05 Å². The summed E-state index contributed by atoms with van der Waals surface area (Å²) in [5, 5.41) is 16.7. The fraction of sp³-hybridized carbons (Fsp3) is 0.111. The molecule has 2 rings (SSSR count). The van der Waals surface area contributed by atoms with Crippen LogP contribution < -0.4 is 4.72 Å². The minimum absolute atomic E-state index is 0.0272. The van der Waals surface area contributed by atoms with Crippen LogP contribution in [0, 0.1) is 0 Å². The smallest absolute Gasteiger partial charge is 0.282 e. The molecule has 2 N–H and O–H groups in total. The van der Waals surface area contributed by atoms with Gasteiger partial charge in [0, 0.05) is 7.05 Å². The lowest BCUT2D eigenvalue weighted by atomic mass is 10.3. The number of sulfonamides is 1. The molecule has 19 heavy (non-hydrogen) atoms. The average molecular weight is 368 g/mol. The van der Waals surface area contributed by atoms with Gasteiger partial charge in [-0.25, -0.2) is 4.68 Å². The zero-order valence-electron chi connectivity index (χ0n) is 9.50. The maximum absolute atomic E-state index is 12.2. The molecule has 0 saturated carbocycles. The second kappa shape index (κ2) is 4.99. The third kappa shape index (κ3) is 2.67. The summed E-state index contributed by atoms with van der Waals surface area (Å²) in [5.74, 6) is -0.348. The van der Waals surface area contributed by atoms with Crippen molar-refractivity contribution in [3.8, 4) is 5.75 Å². The summed E-state index contributed by atoms with van der Waals surface area (Å²) in [4.78, 5) is 0. The van der Waals surface area contributed by atoms with E-state index in [2.05, 4.69) is 31.0 Å². The monoisotopic (exact) mass is 366 g/mol. The van der Waals surface area contributed by atoms with Crippen molar-refractivity contribution in [2.45, 2.75) is 5.03 Å². The van der Waals surface area contributed by atoms with E-state index in [-0.39, 0.29) is 26.1 Å². The Bertz CT molecular complexity index is 712. The zero-order valence-corrected chi connectivity index (χ0v) is 12.7. The number of anilines is 1. The Labute approximate surface area is 122 Å². The summed E-state index contributed by atoms with van der Waals surface area (Å²) >= 11 is 8.70. The Hall–Kier alpha value is -1.32. The zero-order chi connectivity index (χ0) is 14.2. The summed E-state index contributed by atoms with van der Waals surface area (Å²) in [6, 6.07) is 4.34. The van der Waals surface area contributed by atoms with Crippen molar-refractivity contribution >= 4 is 43.2 Å². The van der Waals surface area contributed by atoms with Crippen LogP contribution in [0.4, 0.5) is 5.69 Å². The van der Waals surface area contributed by atoms with Crippen LogP contribution in [-0.4, -0.2) is 28.5 Å². The standard InChI is InChI=1S/C9H8BrClN4O3S/c1-15-9(8(10)12-14-15)19(17,18)13-6-4-2-3-5(11)7(6)16/h2-4,13,16H,1H3. The van der Waals surface area contributed by atoms with E-state index in [4.69, 9.17) is 11.6 Å². The number of hydrogen-bond donors (Lipinski definition) is 2. The van der Waals surface area contributed by atoms with E-state index in [0.717, 1.165) is 4.68 Å². The number of hydrogen-bond acceptors (Lipinski definition) is 5. The van der Waals surface area contributed by atoms with Gasteiger partial charge in [-0.3, -0.25) is 4.72 Å². The molecule has 0 atom stereocenters. The van der Waals surface area contributed by atoms with Crippen LogP contribution >= 0.6 is 27.5 Å². The number of phenolic OH excluding ortho intramolecular Hbond substituents is 1. The summed E-state index contributed by atoms with van der Waals surface area (Å²) in [6.45, 7) is 0. The molecule has 10 heteroatoms. The molecule has 0 spiro atoms. The van der Waals surface area contributed by atoms with E-state index < -0.39 is 10.0 Å². The van der Waals surface area contributed by atoms with E-state index in [9.17, 15) is 13.5 Å².